The van der Waals surface area contributed by atoms with Gasteiger partial charge in [-0.3, -0.25) is 0 Å². The van der Waals surface area contributed by atoms with Gasteiger partial charge in [-0.25, -0.2) is 9.18 Å². The molecule has 2 rings (SSSR count). The lowest BCUT2D eigenvalue weighted by Gasteiger charge is -2.00. The molecule has 0 saturated carbocycles. The Kier molecular flexibility index (Phi) is 2.17. The predicted octanol–water partition coefficient (Wildman–Crippen LogP) is 3.39. The van der Waals surface area contributed by atoms with Gasteiger partial charge in [0.25, 0.3) is 0 Å². The topological polar surface area (TPSA) is 37.3 Å². The third-order valence-corrected chi connectivity index (χ3v) is 3.30. The third kappa shape index (κ3) is 1.27. The van der Waals surface area contributed by atoms with Crippen molar-refractivity contribution in [3.05, 3.63) is 33.9 Å². The number of carboxylic acids is 1. The summed E-state index contributed by atoms with van der Waals surface area (Å²) < 4.78 is 13.8. The molecule has 1 heterocycles. The molecule has 72 valence electrons. The van der Waals surface area contributed by atoms with Crippen LogP contribution in [0.25, 0.3) is 10.1 Å². The summed E-state index contributed by atoms with van der Waals surface area (Å²) in [6.45, 7) is 0. The molecule has 0 atom stereocenters. The van der Waals surface area contributed by atoms with Crippen LogP contribution in [0.4, 0.5) is 4.39 Å². The van der Waals surface area contributed by atoms with E-state index in [9.17, 15) is 9.18 Å². The second-order valence-electron chi connectivity index (χ2n) is 2.69. The summed E-state index contributed by atoms with van der Waals surface area (Å²) in [5, 5.41) is 10.9. The number of fused-ring (bicyclic) bond motifs is 1. The number of hydrogen-bond donors (Lipinski definition) is 1. The molecule has 0 aliphatic heterocycles. The van der Waals surface area contributed by atoms with Crippen LogP contribution < -0.4 is 0 Å². The van der Waals surface area contributed by atoms with Gasteiger partial charge in [-0.2, -0.15) is 0 Å². The first-order valence-electron chi connectivity index (χ1n) is 3.69. The highest BCUT2D eigenvalue weighted by Crippen LogP contribution is 2.33. The Morgan fingerprint density at radius 3 is 2.93 bits per heavy atom. The van der Waals surface area contributed by atoms with Crippen LogP contribution >= 0.6 is 22.9 Å². The quantitative estimate of drug-likeness (QED) is 0.815. The van der Waals surface area contributed by atoms with Gasteiger partial charge in [-0.15, -0.1) is 11.3 Å². The van der Waals surface area contributed by atoms with E-state index in [2.05, 4.69) is 0 Å². The second-order valence-corrected chi connectivity index (χ2v) is 3.98. The molecule has 0 saturated heterocycles. The summed E-state index contributed by atoms with van der Waals surface area (Å²) in [7, 11) is 0. The van der Waals surface area contributed by atoms with Crippen LogP contribution in [0.2, 0.25) is 5.02 Å². The molecule has 0 aliphatic carbocycles. The first-order valence-corrected chi connectivity index (χ1v) is 4.95. The summed E-state index contributed by atoms with van der Waals surface area (Å²) in [5.41, 5.74) is -0.195. The Bertz CT molecular complexity index is 521. The first kappa shape index (κ1) is 9.43. The Balaban J connectivity index is 2.88. The van der Waals surface area contributed by atoms with Crippen LogP contribution in [-0.2, 0) is 0 Å². The van der Waals surface area contributed by atoms with E-state index in [4.69, 9.17) is 16.7 Å². The number of aromatic carboxylic acids is 1. The fourth-order valence-corrected chi connectivity index (χ4v) is 2.43. The van der Waals surface area contributed by atoms with Crippen LogP contribution in [0, 0.1) is 5.82 Å². The molecule has 0 unspecified atom stereocenters. The molecular formula is C9H4ClFO2S. The highest BCUT2D eigenvalue weighted by Gasteiger charge is 2.16. The van der Waals surface area contributed by atoms with Crippen LogP contribution in [0.15, 0.2) is 17.5 Å². The summed E-state index contributed by atoms with van der Waals surface area (Å²) >= 11 is 7.04. The molecule has 0 radical (unpaired) electrons. The van der Waals surface area contributed by atoms with Crippen molar-refractivity contribution >= 4 is 39.0 Å². The molecule has 1 aromatic carbocycles. The van der Waals surface area contributed by atoms with Crippen molar-refractivity contribution in [3.8, 4) is 0 Å². The smallest absolute Gasteiger partial charge is 0.337 e. The minimum atomic E-state index is -1.22. The highest BCUT2D eigenvalue weighted by atomic mass is 35.5. The summed E-state index contributed by atoms with van der Waals surface area (Å²) in [4.78, 5) is 10.7. The zero-order chi connectivity index (χ0) is 10.3. The lowest BCUT2D eigenvalue weighted by molar-refractivity contribution is 0.0697. The van der Waals surface area contributed by atoms with Crippen molar-refractivity contribution in [2.24, 2.45) is 0 Å². The number of carbonyl (C=O) groups is 1. The van der Waals surface area contributed by atoms with Gasteiger partial charge in [0.1, 0.15) is 5.82 Å². The van der Waals surface area contributed by atoms with Crippen molar-refractivity contribution in [3.63, 3.8) is 0 Å². The van der Waals surface area contributed by atoms with Crippen LogP contribution in [0.5, 0.6) is 0 Å². The Morgan fingerprint density at radius 2 is 2.29 bits per heavy atom. The van der Waals surface area contributed by atoms with Gasteiger partial charge < -0.3 is 5.11 Å². The molecule has 14 heavy (non-hydrogen) atoms. The summed E-state index contributed by atoms with van der Waals surface area (Å²) in [6.07, 6.45) is 0. The van der Waals surface area contributed by atoms with Gasteiger partial charge in [0.05, 0.1) is 15.3 Å². The fourth-order valence-electron chi connectivity index (χ4n) is 1.21. The van der Waals surface area contributed by atoms with Crippen molar-refractivity contribution in [2.75, 3.05) is 0 Å². The second kappa shape index (κ2) is 3.22. The van der Waals surface area contributed by atoms with Crippen LogP contribution in [0.3, 0.4) is 0 Å². The SMILES string of the molecule is O=C(O)c1cc(F)c2ccsc2c1Cl. The molecular weight excluding hydrogens is 227 g/mol. The predicted molar refractivity (Wildman–Crippen MR) is 53.8 cm³/mol. The number of benzene rings is 1. The van der Waals surface area contributed by atoms with Gasteiger partial charge in [0.15, 0.2) is 0 Å². The van der Waals surface area contributed by atoms with Gasteiger partial charge in [0.2, 0.25) is 0 Å². The molecule has 0 fully saturated rings. The number of carboxylic acid groups (broad SMARTS) is 1. The minimum absolute atomic E-state index is 0.101. The molecule has 5 heteroatoms. The lowest BCUT2D eigenvalue weighted by atomic mass is 10.1. The van der Waals surface area contributed by atoms with E-state index in [-0.39, 0.29) is 10.6 Å². The zero-order valence-corrected chi connectivity index (χ0v) is 8.32. The molecule has 1 aromatic heterocycles. The van der Waals surface area contributed by atoms with E-state index in [1.54, 1.807) is 11.4 Å². The average Bonchev–Trinajstić information content (AvgIpc) is 2.59. The zero-order valence-electron chi connectivity index (χ0n) is 6.75. The van der Waals surface area contributed by atoms with E-state index < -0.39 is 11.8 Å². The van der Waals surface area contributed by atoms with E-state index in [1.807, 2.05) is 0 Å². The Labute approximate surface area is 87.5 Å². The van der Waals surface area contributed by atoms with Crippen molar-refractivity contribution in [1.29, 1.82) is 0 Å². The monoisotopic (exact) mass is 230 g/mol. The molecule has 1 N–H and O–H groups in total. The van der Waals surface area contributed by atoms with Crippen molar-refractivity contribution in [1.82, 2.24) is 0 Å². The maximum atomic E-state index is 13.3. The highest BCUT2D eigenvalue weighted by molar-refractivity contribution is 7.17. The molecule has 0 bridgehead atoms. The lowest BCUT2D eigenvalue weighted by Crippen LogP contribution is -1.98. The normalized spacial score (nSPS) is 10.7. The Hall–Kier alpha value is -1.13. The maximum Gasteiger partial charge on any atom is 0.337 e. The van der Waals surface area contributed by atoms with Gasteiger partial charge in [-0.1, -0.05) is 11.6 Å². The largest absolute Gasteiger partial charge is 0.478 e. The molecule has 2 aromatic rings. The van der Waals surface area contributed by atoms with Gasteiger partial charge >= 0.3 is 5.97 Å². The summed E-state index contributed by atoms with van der Waals surface area (Å²) in [6, 6.07) is 2.52. The molecule has 0 amide bonds. The standard InChI is InChI=1S/C9H4ClFO2S/c10-7-5(9(12)13)3-6(11)4-1-2-14-8(4)7/h1-3H,(H,12,13). The van der Waals surface area contributed by atoms with E-state index in [0.29, 0.717) is 10.1 Å². The molecule has 0 spiro atoms. The van der Waals surface area contributed by atoms with E-state index >= 15 is 0 Å². The van der Waals surface area contributed by atoms with Gasteiger partial charge in [-0.05, 0) is 17.5 Å². The number of thiophene rings is 1. The molecule has 0 aliphatic rings. The number of rotatable bonds is 1. The number of hydrogen-bond acceptors (Lipinski definition) is 2. The first-order chi connectivity index (χ1) is 6.61. The van der Waals surface area contributed by atoms with Crippen molar-refractivity contribution < 1.29 is 14.3 Å². The maximum absolute atomic E-state index is 13.3. The van der Waals surface area contributed by atoms with Crippen molar-refractivity contribution in [2.45, 2.75) is 0 Å². The average molecular weight is 231 g/mol. The van der Waals surface area contributed by atoms with Crippen LogP contribution in [-0.4, -0.2) is 11.1 Å². The van der Waals surface area contributed by atoms with E-state index in [0.717, 1.165) is 6.07 Å². The number of halogens is 2. The summed E-state index contributed by atoms with van der Waals surface area (Å²) in [5.74, 6) is -1.77. The van der Waals surface area contributed by atoms with Gasteiger partial charge in [0, 0.05) is 5.39 Å². The molecule has 2 nitrogen and oxygen atoms in total. The fraction of sp³-hybridized carbons (Fsp3) is 0. The van der Waals surface area contributed by atoms with E-state index in [1.165, 1.54) is 11.3 Å². The van der Waals surface area contributed by atoms with Crippen LogP contribution in [0.1, 0.15) is 10.4 Å². The minimum Gasteiger partial charge on any atom is -0.478 e. The Morgan fingerprint density at radius 1 is 1.57 bits per heavy atom. The third-order valence-electron chi connectivity index (χ3n) is 1.86.